The molecule has 3 N–H and O–H groups in total. The van der Waals surface area contributed by atoms with Crippen LogP contribution in [0.4, 0.5) is 0 Å². The molecule has 1 heterocycles. The summed E-state index contributed by atoms with van der Waals surface area (Å²) in [6, 6.07) is 7.14. The van der Waals surface area contributed by atoms with E-state index in [0.29, 0.717) is 17.6 Å². The Morgan fingerprint density at radius 3 is 2.21 bits per heavy atom. The van der Waals surface area contributed by atoms with Gasteiger partial charge in [-0.15, -0.1) is 0 Å². The Morgan fingerprint density at radius 2 is 1.64 bits per heavy atom. The number of rotatable bonds is 5. The molecule has 0 unspecified atom stereocenters. The molecule has 0 aromatic heterocycles. The molecule has 9 heteroatoms. The second-order valence-electron chi connectivity index (χ2n) is 9.65. The first kappa shape index (κ1) is 25.0. The van der Waals surface area contributed by atoms with Gasteiger partial charge in [0.2, 0.25) is 6.29 Å². The zero-order chi connectivity index (χ0) is 22.6. The summed E-state index contributed by atoms with van der Waals surface area (Å²) < 4.78 is 16.8. The molecule has 174 valence electrons. The summed E-state index contributed by atoms with van der Waals surface area (Å²) in [7, 11) is 1.68. The molecule has 1 aliphatic heterocycles. The number of carbonyl (C=O) groups excluding carboxylic acids is 1. The van der Waals surface area contributed by atoms with Gasteiger partial charge in [0.25, 0.3) is 0 Å². The number of methoxy groups -OCH3 is 1. The van der Waals surface area contributed by atoms with Crippen LogP contribution in [0.2, 0.25) is 0 Å². The van der Waals surface area contributed by atoms with Crippen LogP contribution >= 0.6 is 0 Å². The van der Waals surface area contributed by atoms with Crippen molar-refractivity contribution in [3.8, 4) is 5.75 Å². The van der Waals surface area contributed by atoms with E-state index in [9.17, 15) is 25.2 Å². The van der Waals surface area contributed by atoms with Crippen molar-refractivity contribution in [2.75, 3.05) is 7.11 Å². The third-order valence-electron chi connectivity index (χ3n) is 7.63. The molecular weight excluding hydrogens is 439 g/mol. The Hall–Kier alpha value is -1.13. The van der Waals surface area contributed by atoms with Crippen molar-refractivity contribution in [2.45, 2.75) is 62.8 Å². The topological polar surface area (TPSA) is 129 Å². The Kier molecular flexibility index (Phi) is 7.46. The minimum atomic E-state index is -1.82. The fraction of sp³-hybridized carbons (Fsp3) is 0.625. The van der Waals surface area contributed by atoms with Crippen LogP contribution in [0.25, 0.3) is 5.76 Å². The molecule has 0 amide bonds. The number of ether oxygens (including phenoxy) is 3. The van der Waals surface area contributed by atoms with Gasteiger partial charge in [-0.05, 0) is 73.5 Å². The second-order valence-corrected chi connectivity index (χ2v) is 9.65. The first-order chi connectivity index (χ1) is 15.4. The summed E-state index contributed by atoms with van der Waals surface area (Å²) in [6.07, 6.45) is -2.24. The van der Waals surface area contributed by atoms with Gasteiger partial charge in [-0.3, -0.25) is 0 Å². The summed E-state index contributed by atoms with van der Waals surface area (Å²) in [5, 5.41) is 41.3. The van der Waals surface area contributed by atoms with E-state index >= 15 is 0 Å². The third-order valence-corrected chi connectivity index (χ3v) is 7.63. The van der Waals surface area contributed by atoms with Crippen LogP contribution in [-0.4, -0.2) is 59.1 Å². The molecule has 4 saturated carbocycles. The van der Waals surface area contributed by atoms with E-state index in [0.717, 1.165) is 23.2 Å². The SMILES string of the molecule is COC(=C1C2CC3CC(C2)CC1C3)c1cccc(O[C@@H]2O[C@H](C(=O)[O-])[C@@H](O)[C@H](O)[C@H]2O)c1.[Na+]. The van der Waals surface area contributed by atoms with Crippen molar-refractivity contribution in [1.29, 1.82) is 0 Å². The normalized spacial score (nSPS) is 39.0. The van der Waals surface area contributed by atoms with Gasteiger partial charge in [-0.25, -0.2) is 0 Å². The standard InChI is InChI=1S/C24H30O8.Na/c1-30-21(17-14-6-11-5-12(8-14)9-15(17)7-11)13-3-2-4-16(10-13)31-24-20(27)18(25)19(26)22(32-24)23(28)29;/h2-4,10-12,14-15,18-20,22,24-27H,5-9H2,1H3,(H,28,29);/q;+1/p-1/t11?,12?,14?,15?,18-,19-,20+,22-,24+;/m0./s1. The fourth-order valence-corrected chi connectivity index (χ4v) is 6.45. The number of carbonyl (C=O) groups is 1. The molecule has 1 aromatic carbocycles. The number of aliphatic hydroxyl groups is 3. The van der Waals surface area contributed by atoms with Crippen molar-refractivity contribution >= 4 is 11.7 Å². The number of aliphatic carboxylic acids is 1. The summed E-state index contributed by atoms with van der Waals surface area (Å²) in [4.78, 5) is 11.2. The molecule has 4 bridgehead atoms. The fourth-order valence-electron chi connectivity index (χ4n) is 6.45. The van der Waals surface area contributed by atoms with Crippen LogP contribution in [-0.2, 0) is 14.3 Å². The Labute approximate surface area is 214 Å². The van der Waals surface area contributed by atoms with Gasteiger partial charge in [0, 0.05) is 5.56 Å². The van der Waals surface area contributed by atoms with Gasteiger partial charge in [0.1, 0.15) is 35.9 Å². The number of allylic oxidation sites excluding steroid dienone is 1. The van der Waals surface area contributed by atoms with Crippen molar-refractivity contribution in [1.82, 2.24) is 0 Å². The number of hydrogen-bond donors (Lipinski definition) is 3. The van der Waals surface area contributed by atoms with E-state index in [2.05, 4.69) is 0 Å². The molecule has 0 radical (unpaired) electrons. The maximum Gasteiger partial charge on any atom is 1.00 e. The maximum atomic E-state index is 11.2. The number of benzene rings is 1. The first-order valence-electron chi connectivity index (χ1n) is 11.3. The van der Waals surface area contributed by atoms with Crippen molar-refractivity contribution in [2.24, 2.45) is 23.7 Å². The van der Waals surface area contributed by atoms with Gasteiger partial charge < -0.3 is 39.4 Å². The molecule has 1 saturated heterocycles. The summed E-state index contributed by atoms with van der Waals surface area (Å²) in [6.45, 7) is 0. The van der Waals surface area contributed by atoms with Crippen LogP contribution < -0.4 is 39.4 Å². The Morgan fingerprint density at radius 1 is 1.00 bits per heavy atom. The Bertz CT molecular complexity index is 887. The first-order valence-corrected chi connectivity index (χ1v) is 11.3. The predicted molar refractivity (Wildman–Crippen MR) is 110 cm³/mol. The molecule has 1 aromatic rings. The zero-order valence-corrected chi connectivity index (χ0v) is 20.9. The van der Waals surface area contributed by atoms with Gasteiger partial charge in [-0.1, -0.05) is 12.1 Å². The molecule has 8 nitrogen and oxygen atoms in total. The average molecular weight is 468 g/mol. The molecule has 5 aliphatic rings. The Balaban J connectivity index is 0.00000259. The maximum absolute atomic E-state index is 11.2. The van der Waals surface area contributed by atoms with Crippen LogP contribution in [0.15, 0.2) is 29.8 Å². The van der Waals surface area contributed by atoms with Gasteiger partial charge in [0.15, 0.2) is 0 Å². The molecule has 33 heavy (non-hydrogen) atoms. The molecule has 4 aliphatic carbocycles. The summed E-state index contributed by atoms with van der Waals surface area (Å²) in [5.41, 5.74) is 2.23. The molecular formula is C24H29NaO8. The smallest absolute Gasteiger partial charge is 0.547 e. The molecule has 5 fully saturated rings. The van der Waals surface area contributed by atoms with Crippen molar-refractivity contribution < 1.29 is 69.0 Å². The van der Waals surface area contributed by atoms with Gasteiger partial charge >= 0.3 is 29.6 Å². The zero-order valence-electron chi connectivity index (χ0n) is 18.9. The number of carboxylic acids is 1. The van der Waals surface area contributed by atoms with Crippen LogP contribution in [0, 0.1) is 23.7 Å². The average Bonchev–Trinajstić information content (AvgIpc) is 2.76. The quantitative estimate of drug-likeness (QED) is 0.318. The van der Waals surface area contributed by atoms with Crippen LogP contribution in [0.5, 0.6) is 5.75 Å². The number of aliphatic hydroxyl groups excluding tert-OH is 3. The van der Waals surface area contributed by atoms with E-state index in [1.165, 1.54) is 37.7 Å². The minimum absolute atomic E-state index is 0. The number of hydrogen-bond acceptors (Lipinski definition) is 8. The molecule has 0 spiro atoms. The molecule has 6 rings (SSSR count). The van der Waals surface area contributed by atoms with Crippen molar-refractivity contribution in [3.63, 3.8) is 0 Å². The van der Waals surface area contributed by atoms with Crippen LogP contribution in [0.3, 0.4) is 0 Å². The predicted octanol–water partition coefficient (Wildman–Crippen LogP) is -2.56. The largest absolute Gasteiger partial charge is 1.00 e. The van der Waals surface area contributed by atoms with Gasteiger partial charge in [-0.2, -0.15) is 0 Å². The van der Waals surface area contributed by atoms with E-state index in [1.807, 2.05) is 6.07 Å². The van der Waals surface area contributed by atoms with E-state index in [-0.39, 0.29) is 29.6 Å². The van der Waals surface area contributed by atoms with E-state index < -0.39 is 36.7 Å². The summed E-state index contributed by atoms with van der Waals surface area (Å²) in [5.74, 6) is 2.25. The van der Waals surface area contributed by atoms with E-state index in [4.69, 9.17) is 14.2 Å². The van der Waals surface area contributed by atoms with E-state index in [1.54, 1.807) is 25.3 Å². The third kappa shape index (κ3) is 4.59. The monoisotopic (exact) mass is 468 g/mol. The van der Waals surface area contributed by atoms with Crippen LogP contribution in [0.1, 0.15) is 37.7 Å². The van der Waals surface area contributed by atoms with Crippen molar-refractivity contribution in [3.05, 3.63) is 35.4 Å². The van der Waals surface area contributed by atoms with Gasteiger partial charge in [0.05, 0.1) is 13.1 Å². The minimum Gasteiger partial charge on any atom is -0.547 e. The summed E-state index contributed by atoms with van der Waals surface area (Å²) >= 11 is 0. The second kappa shape index (κ2) is 9.85. The molecule has 5 atom stereocenters. The number of carboxylic acid groups (broad SMARTS) is 1.